The van der Waals surface area contributed by atoms with Crippen molar-refractivity contribution in [3.63, 3.8) is 0 Å². The number of carbonyl (C=O) groups excluding carboxylic acids is 1. The van der Waals surface area contributed by atoms with Crippen LogP contribution in [0.2, 0.25) is 0 Å². The number of aryl methyl sites for hydroxylation is 1. The maximum Gasteiger partial charge on any atom is 0.196 e. The van der Waals surface area contributed by atoms with Gasteiger partial charge in [-0.3, -0.25) is 4.79 Å². The average molecular weight is 241 g/mol. The van der Waals surface area contributed by atoms with Crippen molar-refractivity contribution in [1.29, 1.82) is 0 Å². The van der Waals surface area contributed by atoms with Crippen LogP contribution in [0.15, 0.2) is 40.8 Å². The molecule has 0 radical (unpaired) electrons. The van der Waals surface area contributed by atoms with Gasteiger partial charge in [0.2, 0.25) is 0 Å². The number of carbonyl (C=O) groups is 1. The van der Waals surface area contributed by atoms with Gasteiger partial charge in [-0.25, -0.2) is 0 Å². The van der Waals surface area contributed by atoms with Gasteiger partial charge in [-0.05, 0) is 30.0 Å². The summed E-state index contributed by atoms with van der Waals surface area (Å²) in [5, 5.41) is 0. The summed E-state index contributed by atoms with van der Waals surface area (Å²) in [5.41, 5.74) is 2.77. The molecule has 18 heavy (non-hydrogen) atoms. The molecule has 1 aliphatic heterocycles. The van der Waals surface area contributed by atoms with E-state index < -0.39 is 0 Å². The van der Waals surface area contributed by atoms with Crippen LogP contribution in [0.4, 0.5) is 5.88 Å². The second-order valence-corrected chi connectivity index (χ2v) is 4.59. The molecule has 0 N–H and O–H groups in total. The van der Waals surface area contributed by atoms with Crippen molar-refractivity contribution >= 4 is 12.2 Å². The van der Waals surface area contributed by atoms with E-state index in [2.05, 4.69) is 29.2 Å². The molecule has 1 aromatic heterocycles. The lowest BCUT2D eigenvalue weighted by Crippen LogP contribution is -2.21. The van der Waals surface area contributed by atoms with Crippen LogP contribution in [0.5, 0.6) is 0 Å². The number of fused-ring (bicyclic) bond motifs is 1. The SMILES string of the molecule is O=Cc1ccc(N2CCCc3ccccc3C2)o1. The van der Waals surface area contributed by atoms with E-state index in [1.165, 1.54) is 11.1 Å². The number of hydrogen-bond donors (Lipinski definition) is 0. The van der Waals surface area contributed by atoms with E-state index in [4.69, 9.17) is 4.42 Å². The van der Waals surface area contributed by atoms with E-state index in [0.717, 1.165) is 38.1 Å². The molecule has 1 aromatic carbocycles. The maximum absolute atomic E-state index is 10.7. The number of furan rings is 1. The van der Waals surface area contributed by atoms with E-state index in [9.17, 15) is 4.79 Å². The van der Waals surface area contributed by atoms with Crippen LogP contribution in [0.3, 0.4) is 0 Å². The molecular weight excluding hydrogens is 226 g/mol. The molecule has 3 heteroatoms. The summed E-state index contributed by atoms with van der Waals surface area (Å²) in [5.74, 6) is 1.18. The van der Waals surface area contributed by atoms with Gasteiger partial charge < -0.3 is 9.32 Å². The third-order valence-electron chi connectivity index (χ3n) is 3.39. The van der Waals surface area contributed by atoms with Crippen molar-refractivity contribution in [2.24, 2.45) is 0 Å². The highest BCUT2D eigenvalue weighted by Crippen LogP contribution is 2.25. The lowest BCUT2D eigenvalue weighted by Gasteiger charge is -2.19. The molecule has 92 valence electrons. The summed E-state index contributed by atoms with van der Waals surface area (Å²) < 4.78 is 5.50. The molecule has 0 saturated heterocycles. The van der Waals surface area contributed by atoms with Crippen LogP contribution in [0.1, 0.15) is 28.1 Å². The van der Waals surface area contributed by atoms with Crippen molar-refractivity contribution in [3.8, 4) is 0 Å². The molecule has 0 saturated carbocycles. The van der Waals surface area contributed by atoms with Crippen molar-refractivity contribution in [3.05, 3.63) is 53.3 Å². The van der Waals surface area contributed by atoms with E-state index in [-0.39, 0.29) is 0 Å². The van der Waals surface area contributed by atoms with Gasteiger partial charge in [0.15, 0.2) is 17.9 Å². The molecule has 0 fully saturated rings. The van der Waals surface area contributed by atoms with E-state index in [1.54, 1.807) is 6.07 Å². The molecule has 0 bridgehead atoms. The number of benzene rings is 1. The van der Waals surface area contributed by atoms with Crippen LogP contribution in [-0.2, 0) is 13.0 Å². The van der Waals surface area contributed by atoms with Gasteiger partial charge in [-0.1, -0.05) is 24.3 Å². The largest absolute Gasteiger partial charge is 0.438 e. The average Bonchev–Trinajstić information content (AvgIpc) is 2.78. The molecular formula is C15H15NO2. The van der Waals surface area contributed by atoms with Gasteiger partial charge in [0.25, 0.3) is 0 Å². The molecule has 3 rings (SSSR count). The highest BCUT2D eigenvalue weighted by atomic mass is 16.4. The lowest BCUT2D eigenvalue weighted by atomic mass is 10.0. The number of nitrogens with zero attached hydrogens (tertiary/aromatic N) is 1. The van der Waals surface area contributed by atoms with E-state index >= 15 is 0 Å². The van der Waals surface area contributed by atoms with Crippen molar-refractivity contribution in [2.45, 2.75) is 19.4 Å². The zero-order chi connectivity index (χ0) is 12.4. The first-order chi connectivity index (χ1) is 8.86. The third kappa shape index (κ3) is 2.04. The Morgan fingerprint density at radius 1 is 1.11 bits per heavy atom. The minimum Gasteiger partial charge on any atom is -0.438 e. The van der Waals surface area contributed by atoms with Crippen molar-refractivity contribution < 1.29 is 9.21 Å². The Labute approximate surface area is 106 Å². The Morgan fingerprint density at radius 2 is 1.94 bits per heavy atom. The summed E-state index contributed by atoms with van der Waals surface area (Å²) in [6, 6.07) is 12.1. The molecule has 1 aliphatic rings. The van der Waals surface area contributed by atoms with Crippen LogP contribution in [0.25, 0.3) is 0 Å². The fourth-order valence-corrected chi connectivity index (χ4v) is 2.46. The number of aldehydes is 1. The minimum atomic E-state index is 0.391. The molecule has 2 heterocycles. The second-order valence-electron chi connectivity index (χ2n) is 4.59. The van der Waals surface area contributed by atoms with Gasteiger partial charge in [-0.2, -0.15) is 0 Å². The normalized spacial score (nSPS) is 15.0. The molecule has 2 aromatic rings. The monoisotopic (exact) mass is 241 g/mol. The summed E-state index contributed by atoms with van der Waals surface area (Å²) in [6.07, 6.45) is 2.96. The standard InChI is InChI=1S/C15H15NO2/c17-11-14-7-8-15(18-14)16-9-3-6-12-4-1-2-5-13(12)10-16/h1-2,4-5,7-8,11H,3,6,9-10H2. The highest BCUT2D eigenvalue weighted by molar-refractivity contribution is 5.71. The number of rotatable bonds is 2. The Morgan fingerprint density at radius 3 is 2.72 bits per heavy atom. The molecule has 0 amide bonds. The van der Waals surface area contributed by atoms with Crippen LogP contribution >= 0.6 is 0 Å². The van der Waals surface area contributed by atoms with Crippen LogP contribution in [0, 0.1) is 0 Å². The molecule has 0 unspecified atom stereocenters. The van der Waals surface area contributed by atoms with Gasteiger partial charge in [0.1, 0.15) is 0 Å². The Kier molecular flexibility index (Phi) is 2.89. The van der Waals surface area contributed by atoms with Gasteiger partial charge in [-0.15, -0.1) is 0 Å². The van der Waals surface area contributed by atoms with Crippen LogP contribution < -0.4 is 4.90 Å². The maximum atomic E-state index is 10.7. The zero-order valence-electron chi connectivity index (χ0n) is 10.1. The Balaban J connectivity index is 1.88. The molecule has 0 atom stereocenters. The predicted octanol–water partition coefficient (Wildman–Crippen LogP) is 3.04. The van der Waals surface area contributed by atoms with Crippen LogP contribution in [-0.4, -0.2) is 12.8 Å². The first-order valence-corrected chi connectivity index (χ1v) is 6.23. The quantitative estimate of drug-likeness (QED) is 0.758. The van der Waals surface area contributed by atoms with E-state index in [1.807, 2.05) is 6.07 Å². The minimum absolute atomic E-state index is 0.391. The molecule has 0 spiro atoms. The van der Waals surface area contributed by atoms with Gasteiger partial charge in [0.05, 0.1) is 0 Å². The lowest BCUT2D eigenvalue weighted by molar-refractivity contribution is 0.110. The van der Waals surface area contributed by atoms with Gasteiger partial charge in [0, 0.05) is 19.2 Å². The van der Waals surface area contributed by atoms with Crippen molar-refractivity contribution in [1.82, 2.24) is 0 Å². The number of anilines is 1. The van der Waals surface area contributed by atoms with Crippen molar-refractivity contribution in [2.75, 3.05) is 11.4 Å². The highest BCUT2D eigenvalue weighted by Gasteiger charge is 2.16. The number of hydrogen-bond acceptors (Lipinski definition) is 3. The Bertz CT molecular complexity index is 559. The molecule has 0 aliphatic carbocycles. The van der Waals surface area contributed by atoms with E-state index in [0.29, 0.717) is 5.76 Å². The zero-order valence-corrected chi connectivity index (χ0v) is 10.1. The summed E-state index contributed by atoms with van der Waals surface area (Å²) in [7, 11) is 0. The van der Waals surface area contributed by atoms with Gasteiger partial charge >= 0.3 is 0 Å². The predicted molar refractivity (Wildman–Crippen MR) is 69.9 cm³/mol. The second kappa shape index (κ2) is 4.69. The Hall–Kier alpha value is -2.03. The fraction of sp³-hybridized carbons (Fsp3) is 0.267. The first-order valence-electron chi connectivity index (χ1n) is 6.23. The fourth-order valence-electron chi connectivity index (χ4n) is 2.46. The molecule has 3 nitrogen and oxygen atoms in total. The first kappa shape index (κ1) is 11.1. The summed E-state index contributed by atoms with van der Waals surface area (Å²) >= 11 is 0. The third-order valence-corrected chi connectivity index (χ3v) is 3.39. The summed E-state index contributed by atoms with van der Waals surface area (Å²) in [4.78, 5) is 12.8. The smallest absolute Gasteiger partial charge is 0.196 e. The summed E-state index contributed by atoms with van der Waals surface area (Å²) in [6.45, 7) is 1.81. The topological polar surface area (TPSA) is 33.5 Å².